The van der Waals surface area contributed by atoms with Crippen LogP contribution in [0.15, 0.2) is 18.5 Å². The van der Waals surface area contributed by atoms with E-state index in [1.54, 1.807) is 34.6 Å². The van der Waals surface area contributed by atoms with Crippen LogP contribution in [-0.4, -0.2) is 86.6 Å². The van der Waals surface area contributed by atoms with E-state index in [2.05, 4.69) is 15.4 Å². The van der Waals surface area contributed by atoms with Crippen LogP contribution in [-0.2, 0) is 33.3 Å². The first-order valence-corrected chi connectivity index (χ1v) is 15.9. The van der Waals surface area contributed by atoms with Crippen molar-refractivity contribution in [3.05, 3.63) is 24.2 Å². The Bertz CT molecular complexity index is 1460. The van der Waals surface area contributed by atoms with E-state index in [4.69, 9.17) is 24.7 Å². The minimum atomic E-state index is -1.85. The lowest BCUT2D eigenvalue weighted by Crippen LogP contribution is -2.49. The minimum Gasteiger partial charge on any atom is -0.463 e. The Morgan fingerprint density at radius 3 is 2.42 bits per heavy atom. The smallest absolute Gasteiger partial charge is 0.415 e. The molecule has 0 saturated heterocycles. The van der Waals surface area contributed by atoms with Gasteiger partial charge >= 0.3 is 24.0 Å². The molecule has 0 bridgehead atoms. The Morgan fingerprint density at radius 1 is 1.10 bits per heavy atom. The van der Waals surface area contributed by atoms with E-state index in [0.29, 0.717) is 0 Å². The number of aliphatic hydroxyl groups is 2. The number of fused-ring (bicyclic) bond motifs is 1. The molecule has 2 aromatic heterocycles. The lowest BCUT2D eigenvalue weighted by molar-refractivity contribution is -0.174. The molecule has 0 aliphatic heterocycles. The second-order valence-electron chi connectivity index (χ2n) is 13.2. The number of anilines is 1. The van der Waals surface area contributed by atoms with Crippen molar-refractivity contribution < 1.29 is 48.3 Å². The lowest BCUT2D eigenvalue weighted by Gasteiger charge is -2.31. The molecule has 1 unspecified atom stereocenters. The topological polar surface area (TPSA) is 238 Å². The Morgan fingerprint density at radius 2 is 1.79 bits per heavy atom. The van der Waals surface area contributed by atoms with E-state index in [-0.39, 0.29) is 35.3 Å². The van der Waals surface area contributed by atoms with Gasteiger partial charge in [0.2, 0.25) is 6.79 Å². The van der Waals surface area contributed by atoms with Crippen LogP contribution < -0.4 is 11.1 Å². The van der Waals surface area contributed by atoms with Gasteiger partial charge in [0.05, 0.1) is 17.2 Å². The summed E-state index contributed by atoms with van der Waals surface area (Å²) in [5.74, 6) is -3.69. The van der Waals surface area contributed by atoms with Crippen molar-refractivity contribution in [1.82, 2.24) is 14.6 Å². The third-order valence-electron chi connectivity index (χ3n) is 8.05. The molecule has 264 valence electrons. The van der Waals surface area contributed by atoms with Crippen LogP contribution >= 0.6 is 0 Å². The summed E-state index contributed by atoms with van der Waals surface area (Å²) in [5, 5.41) is 39.2. The number of carbonyl (C=O) groups is 4. The van der Waals surface area contributed by atoms with Crippen molar-refractivity contribution >= 4 is 35.3 Å². The fourth-order valence-corrected chi connectivity index (χ4v) is 5.10. The summed E-state index contributed by atoms with van der Waals surface area (Å²) in [6.07, 6.45) is -0.0201. The van der Waals surface area contributed by atoms with Gasteiger partial charge in [-0.05, 0) is 57.6 Å². The van der Waals surface area contributed by atoms with E-state index in [1.165, 1.54) is 16.6 Å². The monoisotopic (exact) mass is 674 g/mol. The van der Waals surface area contributed by atoms with Crippen LogP contribution in [0.1, 0.15) is 84.8 Å². The van der Waals surface area contributed by atoms with Gasteiger partial charge in [-0.3, -0.25) is 19.7 Å². The Kier molecular flexibility index (Phi) is 13.6. The number of aliphatic hydroxyl groups excluding tert-OH is 2. The summed E-state index contributed by atoms with van der Waals surface area (Å²) in [5.41, 5.74) is 5.44. The van der Waals surface area contributed by atoms with Crippen molar-refractivity contribution in [2.45, 2.75) is 103 Å². The number of aromatic nitrogens is 3. The molecule has 1 aliphatic carbocycles. The Balaban J connectivity index is 1.78. The van der Waals surface area contributed by atoms with Gasteiger partial charge < -0.3 is 34.9 Å². The zero-order chi connectivity index (χ0) is 35.6. The van der Waals surface area contributed by atoms with Crippen molar-refractivity contribution in [2.75, 3.05) is 18.7 Å². The largest absolute Gasteiger partial charge is 0.463 e. The number of rotatable bonds is 14. The number of nitrogens with zero attached hydrogens (tertiary/aromatic N) is 4. The number of nitrogens with two attached hydrogens (primary N) is 1. The summed E-state index contributed by atoms with van der Waals surface area (Å²) in [7, 11) is 0. The van der Waals surface area contributed by atoms with Crippen LogP contribution in [0.2, 0.25) is 0 Å². The van der Waals surface area contributed by atoms with Crippen LogP contribution in [0, 0.1) is 28.6 Å². The normalized spacial score (nSPS) is 17.0. The fraction of sp³-hybridized carbons (Fsp3) is 0.656. The predicted molar refractivity (Wildman–Crippen MR) is 169 cm³/mol. The first-order chi connectivity index (χ1) is 22.6. The van der Waals surface area contributed by atoms with Crippen LogP contribution in [0.3, 0.4) is 0 Å². The first-order valence-electron chi connectivity index (χ1n) is 15.9. The van der Waals surface area contributed by atoms with Crippen molar-refractivity contribution in [3.8, 4) is 6.07 Å². The molecule has 16 nitrogen and oxygen atoms in total. The number of nitriles is 1. The molecular formula is C32H46N6O10. The molecule has 0 aromatic carbocycles. The van der Waals surface area contributed by atoms with E-state index >= 15 is 0 Å². The molecule has 0 radical (unpaired) electrons. The highest BCUT2D eigenvalue weighted by Gasteiger charge is 2.40. The summed E-state index contributed by atoms with van der Waals surface area (Å²) in [4.78, 5) is 53.7. The maximum absolute atomic E-state index is 12.9. The Hall–Kier alpha value is -4.33. The molecule has 2 heterocycles. The standard InChI is InChI=1S/C32H46N6O10/c1-18(2)25(34)29(42)48-27(23(39)15-45-24(40)13-19-9-7-6-8-10-19)26(41)20(14-33)21-11-12-22-28(35-16-36-38(21)22)37-31(44)47-17-46-30(43)32(3,4)5/h11-12,16,18-20,23,25-27,39,41H,6-10,13,15,17,34H2,1-5H3,(H,35,36,37,44)/t20?,23-,25+,26+,27-/m1/s1. The molecule has 5 atom stereocenters. The third-order valence-corrected chi connectivity index (χ3v) is 8.05. The quantitative estimate of drug-likeness (QED) is 0.128. The molecule has 2 aromatic rings. The maximum atomic E-state index is 12.9. The van der Waals surface area contributed by atoms with Gasteiger partial charge in [-0.15, -0.1) is 0 Å². The number of esters is 3. The summed E-state index contributed by atoms with van der Waals surface area (Å²) >= 11 is 0. The molecule has 5 N–H and O–H groups in total. The molecule has 0 spiro atoms. The number of amides is 1. The van der Waals surface area contributed by atoms with E-state index in [1.807, 2.05) is 6.07 Å². The fourth-order valence-electron chi connectivity index (χ4n) is 5.10. The van der Waals surface area contributed by atoms with Gasteiger partial charge in [0.25, 0.3) is 0 Å². The first kappa shape index (κ1) is 38.1. The highest BCUT2D eigenvalue weighted by Crippen LogP contribution is 2.29. The van der Waals surface area contributed by atoms with Gasteiger partial charge in [0.1, 0.15) is 42.6 Å². The zero-order valence-electron chi connectivity index (χ0n) is 28.0. The van der Waals surface area contributed by atoms with Crippen molar-refractivity contribution in [2.24, 2.45) is 23.0 Å². The van der Waals surface area contributed by atoms with Gasteiger partial charge in [-0.25, -0.2) is 14.3 Å². The van der Waals surface area contributed by atoms with Gasteiger partial charge in [0.15, 0.2) is 11.9 Å². The number of hydrogen-bond donors (Lipinski definition) is 4. The summed E-state index contributed by atoms with van der Waals surface area (Å²) in [6, 6.07) is 3.74. The van der Waals surface area contributed by atoms with Crippen LogP contribution in [0.4, 0.5) is 10.6 Å². The number of carbonyl (C=O) groups excluding carboxylic acids is 4. The second kappa shape index (κ2) is 17.2. The average Bonchev–Trinajstić information content (AvgIpc) is 3.47. The number of nitrogens with one attached hydrogen (secondary N) is 1. The number of hydrogen-bond acceptors (Lipinski definition) is 14. The number of ether oxygens (including phenoxy) is 4. The SMILES string of the molecule is CC(C)[C@H](N)C(=O)O[C@H]([C@H](O)COC(=O)CC1CCCCC1)[C@@H](O)C(C#N)c1ccc2c(NC(=O)OCOC(=O)C(C)(C)C)ncnn12. The molecule has 1 fully saturated rings. The molecule has 16 heteroatoms. The molecular weight excluding hydrogens is 628 g/mol. The van der Waals surface area contributed by atoms with Crippen LogP contribution in [0.25, 0.3) is 5.52 Å². The van der Waals surface area contributed by atoms with E-state index in [0.717, 1.165) is 38.4 Å². The highest BCUT2D eigenvalue weighted by atomic mass is 16.7. The molecule has 1 aliphatic rings. The van der Waals surface area contributed by atoms with Gasteiger partial charge in [0, 0.05) is 6.42 Å². The Labute approximate surface area is 278 Å². The zero-order valence-corrected chi connectivity index (χ0v) is 28.0. The molecule has 1 amide bonds. The van der Waals surface area contributed by atoms with Gasteiger partial charge in [-0.2, -0.15) is 10.4 Å². The average molecular weight is 675 g/mol. The van der Waals surface area contributed by atoms with Crippen molar-refractivity contribution in [3.63, 3.8) is 0 Å². The maximum Gasteiger partial charge on any atom is 0.415 e. The molecule has 48 heavy (non-hydrogen) atoms. The van der Waals surface area contributed by atoms with E-state index in [9.17, 15) is 34.7 Å². The highest BCUT2D eigenvalue weighted by molar-refractivity contribution is 5.88. The second-order valence-corrected chi connectivity index (χ2v) is 13.2. The minimum absolute atomic E-state index is 0.0367. The molecule has 3 rings (SSSR count). The third kappa shape index (κ3) is 10.3. The summed E-state index contributed by atoms with van der Waals surface area (Å²) < 4.78 is 21.8. The summed E-state index contributed by atoms with van der Waals surface area (Å²) in [6.45, 7) is 7.05. The lowest BCUT2D eigenvalue weighted by atomic mass is 9.87. The molecule has 1 saturated carbocycles. The van der Waals surface area contributed by atoms with Gasteiger partial charge in [-0.1, -0.05) is 33.1 Å². The predicted octanol–water partition coefficient (Wildman–Crippen LogP) is 2.56. The van der Waals surface area contributed by atoms with E-state index < -0.39 is 73.1 Å². The van der Waals surface area contributed by atoms with Crippen molar-refractivity contribution in [1.29, 1.82) is 5.26 Å². The van der Waals surface area contributed by atoms with Crippen LogP contribution in [0.5, 0.6) is 0 Å².